The molecule has 3 aromatic carbocycles. The topological polar surface area (TPSA) is 34.4 Å². The molecule has 0 saturated carbocycles. The lowest BCUT2D eigenvalue weighted by atomic mass is 10.0. The summed E-state index contributed by atoms with van der Waals surface area (Å²) in [6, 6.07) is 22.4. The van der Waals surface area contributed by atoms with Gasteiger partial charge in [-0.2, -0.15) is 4.99 Å². The van der Waals surface area contributed by atoms with E-state index < -0.39 is 0 Å². The predicted octanol–water partition coefficient (Wildman–Crippen LogP) is 5.84. The molecule has 1 aromatic heterocycles. The van der Waals surface area contributed by atoms with Crippen molar-refractivity contribution in [2.75, 3.05) is 0 Å². The maximum atomic E-state index is 12.9. The highest BCUT2D eigenvalue weighted by Crippen LogP contribution is 2.23. The van der Waals surface area contributed by atoms with Crippen LogP contribution in [0, 0.1) is 13.8 Å². The van der Waals surface area contributed by atoms with Crippen molar-refractivity contribution in [1.29, 1.82) is 0 Å². The molecule has 1 amide bonds. The minimum Gasteiger partial charge on any atom is -0.312 e. The first kappa shape index (κ1) is 20.0. The monoisotopic (exact) mass is 412 g/mol. The van der Waals surface area contributed by atoms with Crippen molar-refractivity contribution in [2.24, 2.45) is 4.99 Å². The van der Waals surface area contributed by atoms with Crippen molar-refractivity contribution < 1.29 is 4.79 Å². The Labute approximate surface area is 180 Å². The van der Waals surface area contributed by atoms with Crippen LogP contribution in [0.4, 0.5) is 0 Å². The highest BCUT2D eigenvalue weighted by atomic mass is 32.1. The second-order valence-corrected chi connectivity index (χ2v) is 8.50. The summed E-state index contributed by atoms with van der Waals surface area (Å²) in [5.41, 5.74) is 6.54. The van der Waals surface area contributed by atoms with Gasteiger partial charge in [0, 0.05) is 12.1 Å². The van der Waals surface area contributed by atoms with Gasteiger partial charge in [-0.05, 0) is 60.7 Å². The van der Waals surface area contributed by atoms with Crippen LogP contribution in [0.15, 0.2) is 84.4 Å². The van der Waals surface area contributed by atoms with Gasteiger partial charge in [0.15, 0.2) is 4.80 Å². The Morgan fingerprint density at radius 2 is 1.73 bits per heavy atom. The lowest BCUT2D eigenvalue weighted by Gasteiger charge is -2.05. The van der Waals surface area contributed by atoms with Crippen molar-refractivity contribution in [3.8, 4) is 0 Å². The van der Waals surface area contributed by atoms with Gasteiger partial charge in [-0.15, -0.1) is 6.58 Å². The molecule has 0 unspecified atom stereocenters. The Kier molecular flexibility index (Phi) is 5.77. The van der Waals surface area contributed by atoms with Gasteiger partial charge in [-0.1, -0.05) is 65.9 Å². The minimum atomic E-state index is -0.222. The van der Waals surface area contributed by atoms with Gasteiger partial charge in [-0.3, -0.25) is 4.79 Å². The van der Waals surface area contributed by atoms with E-state index in [4.69, 9.17) is 0 Å². The van der Waals surface area contributed by atoms with Crippen molar-refractivity contribution >= 4 is 27.5 Å². The van der Waals surface area contributed by atoms with Crippen LogP contribution in [0.3, 0.4) is 0 Å². The molecule has 150 valence electrons. The number of aryl methyl sites for hydroxylation is 2. The number of hydrogen-bond acceptors (Lipinski definition) is 2. The van der Waals surface area contributed by atoms with Crippen LogP contribution in [0.25, 0.3) is 10.2 Å². The fraction of sp³-hybridized carbons (Fsp3) is 0.154. The molecule has 4 aromatic rings. The lowest BCUT2D eigenvalue weighted by molar-refractivity contribution is 0.0998. The Hall–Kier alpha value is -3.24. The first-order valence-electron chi connectivity index (χ1n) is 9.98. The maximum absolute atomic E-state index is 12.9. The van der Waals surface area contributed by atoms with Crippen LogP contribution in [0.1, 0.15) is 32.6 Å². The summed E-state index contributed by atoms with van der Waals surface area (Å²) in [6.45, 7) is 8.67. The second-order valence-electron chi connectivity index (χ2n) is 7.49. The van der Waals surface area contributed by atoms with Crippen LogP contribution in [-0.4, -0.2) is 10.5 Å². The van der Waals surface area contributed by atoms with E-state index >= 15 is 0 Å². The van der Waals surface area contributed by atoms with E-state index in [1.807, 2.05) is 48.5 Å². The number of hydrogen-bond donors (Lipinski definition) is 0. The number of thiazole rings is 1. The van der Waals surface area contributed by atoms with E-state index in [2.05, 4.69) is 54.3 Å². The number of fused-ring (bicyclic) bond motifs is 1. The van der Waals surface area contributed by atoms with Crippen molar-refractivity contribution in [3.63, 3.8) is 0 Å². The van der Waals surface area contributed by atoms with E-state index in [1.54, 1.807) is 11.3 Å². The SMILES string of the molecule is C=CCn1c(=NC(=O)c2ccc(Cc3ccccc3)cc2)sc2cc(C)cc(C)c21. The number of amides is 1. The van der Waals surface area contributed by atoms with E-state index in [0.29, 0.717) is 16.9 Å². The molecule has 0 bridgehead atoms. The van der Waals surface area contributed by atoms with Gasteiger partial charge in [0.1, 0.15) is 0 Å². The Morgan fingerprint density at radius 1 is 1.03 bits per heavy atom. The zero-order valence-electron chi connectivity index (χ0n) is 17.3. The zero-order chi connectivity index (χ0) is 21.1. The molecule has 0 spiro atoms. The van der Waals surface area contributed by atoms with Crippen molar-refractivity contribution in [2.45, 2.75) is 26.8 Å². The molecule has 0 atom stereocenters. The van der Waals surface area contributed by atoms with Gasteiger partial charge in [0.2, 0.25) is 0 Å². The molecule has 3 nitrogen and oxygen atoms in total. The van der Waals surface area contributed by atoms with E-state index in [9.17, 15) is 4.79 Å². The van der Waals surface area contributed by atoms with Crippen LogP contribution >= 0.6 is 11.3 Å². The number of allylic oxidation sites excluding steroid dienone is 1. The second kappa shape index (κ2) is 8.64. The van der Waals surface area contributed by atoms with Gasteiger partial charge in [-0.25, -0.2) is 0 Å². The average Bonchev–Trinajstić information content (AvgIpc) is 3.06. The fourth-order valence-electron chi connectivity index (χ4n) is 3.72. The number of aromatic nitrogens is 1. The standard InChI is InChI=1S/C26H24N2OS/c1-4-14-28-24-19(3)15-18(2)16-23(24)30-26(28)27-25(29)22-12-10-21(11-13-22)17-20-8-6-5-7-9-20/h4-13,15-16H,1,14,17H2,2-3H3. The fourth-order valence-corrected chi connectivity index (χ4v) is 4.94. The first-order valence-corrected chi connectivity index (χ1v) is 10.8. The number of benzene rings is 3. The maximum Gasteiger partial charge on any atom is 0.279 e. The third-order valence-corrected chi connectivity index (χ3v) is 6.10. The Balaban J connectivity index is 1.67. The normalized spacial score (nSPS) is 11.7. The highest BCUT2D eigenvalue weighted by Gasteiger charge is 2.11. The molecule has 0 saturated heterocycles. The molecular formula is C26H24N2OS. The minimum absolute atomic E-state index is 0.222. The number of nitrogens with zero attached hydrogens (tertiary/aromatic N) is 2. The molecular weight excluding hydrogens is 388 g/mol. The van der Waals surface area contributed by atoms with Gasteiger partial charge < -0.3 is 4.57 Å². The van der Waals surface area contributed by atoms with Crippen LogP contribution < -0.4 is 4.80 Å². The summed E-state index contributed by atoms with van der Waals surface area (Å²) < 4.78 is 3.21. The number of carbonyl (C=O) groups is 1. The molecule has 4 rings (SSSR count). The summed E-state index contributed by atoms with van der Waals surface area (Å²) in [7, 11) is 0. The Morgan fingerprint density at radius 3 is 2.43 bits per heavy atom. The smallest absolute Gasteiger partial charge is 0.279 e. The summed E-state index contributed by atoms with van der Waals surface area (Å²) in [5, 5.41) is 0. The van der Waals surface area contributed by atoms with Crippen molar-refractivity contribution in [3.05, 3.63) is 112 Å². The zero-order valence-corrected chi connectivity index (χ0v) is 18.1. The number of rotatable bonds is 5. The molecule has 0 fully saturated rings. The molecule has 30 heavy (non-hydrogen) atoms. The Bertz CT molecular complexity index is 1280. The summed E-state index contributed by atoms with van der Waals surface area (Å²) >= 11 is 1.55. The molecule has 0 aliphatic rings. The molecule has 0 aliphatic heterocycles. The average molecular weight is 413 g/mol. The van der Waals surface area contributed by atoms with Crippen LogP contribution in [-0.2, 0) is 13.0 Å². The van der Waals surface area contributed by atoms with E-state index in [1.165, 1.54) is 22.3 Å². The predicted molar refractivity (Wildman–Crippen MR) is 125 cm³/mol. The van der Waals surface area contributed by atoms with Crippen LogP contribution in [0.5, 0.6) is 0 Å². The van der Waals surface area contributed by atoms with E-state index in [0.717, 1.165) is 16.6 Å². The lowest BCUT2D eigenvalue weighted by Crippen LogP contribution is -2.16. The molecule has 4 heteroatoms. The van der Waals surface area contributed by atoms with Crippen LogP contribution in [0.2, 0.25) is 0 Å². The third-order valence-electron chi connectivity index (χ3n) is 5.07. The van der Waals surface area contributed by atoms with Crippen molar-refractivity contribution in [1.82, 2.24) is 4.57 Å². The van der Waals surface area contributed by atoms with Gasteiger partial charge >= 0.3 is 0 Å². The summed E-state index contributed by atoms with van der Waals surface area (Å²) in [6.07, 6.45) is 2.69. The quantitative estimate of drug-likeness (QED) is 0.379. The van der Waals surface area contributed by atoms with Gasteiger partial charge in [0.25, 0.3) is 5.91 Å². The molecule has 0 aliphatic carbocycles. The molecule has 0 radical (unpaired) electrons. The highest BCUT2D eigenvalue weighted by molar-refractivity contribution is 7.16. The first-order chi connectivity index (χ1) is 14.5. The third kappa shape index (κ3) is 4.19. The molecule has 1 heterocycles. The molecule has 0 N–H and O–H groups in total. The summed E-state index contributed by atoms with van der Waals surface area (Å²) in [4.78, 5) is 18.0. The van der Waals surface area contributed by atoms with Gasteiger partial charge in [0.05, 0.1) is 10.2 Å². The number of carbonyl (C=O) groups excluding carboxylic acids is 1. The van der Waals surface area contributed by atoms with E-state index in [-0.39, 0.29) is 5.91 Å². The largest absolute Gasteiger partial charge is 0.312 e. The summed E-state index contributed by atoms with van der Waals surface area (Å²) in [5.74, 6) is -0.222.